The van der Waals surface area contributed by atoms with E-state index in [0.717, 1.165) is 43.1 Å². The van der Waals surface area contributed by atoms with Gasteiger partial charge in [-0.1, -0.05) is 6.92 Å². The van der Waals surface area contributed by atoms with E-state index in [1.165, 1.54) is 0 Å². The molecular formula is C18H23N3O2S. The molecule has 0 unspecified atom stereocenters. The van der Waals surface area contributed by atoms with Gasteiger partial charge in [0.15, 0.2) is 0 Å². The monoisotopic (exact) mass is 345 g/mol. The van der Waals surface area contributed by atoms with Crippen LogP contribution in [-0.4, -0.2) is 35.5 Å². The summed E-state index contributed by atoms with van der Waals surface area (Å²) in [4.78, 5) is 18.4. The number of amides is 1. The van der Waals surface area contributed by atoms with Gasteiger partial charge in [-0.3, -0.25) is 4.79 Å². The van der Waals surface area contributed by atoms with E-state index in [-0.39, 0.29) is 5.91 Å². The topological polar surface area (TPSA) is 68.5 Å². The molecule has 1 aliphatic rings. The summed E-state index contributed by atoms with van der Waals surface area (Å²) in [6.45, 7) is 4.32. The van der Waals surface area contributed by atoms with E-state index in [1.54, 1.807) is 16.8 Å². The zero-order chi connectivity index (χ0) is 16.9. The number of thiazole rings is 1. The van der Waals surface area contributed by atoms with E-state index >= 15 is 0 Å². The predicted octanol–water partition coefficient (Wildman–Crippen LogP) is 3.42. The number of nitrogens with two attached hydrogens (primary N) is 1. The molecule has 128 valence electrons. The Balaban J connectivity index is 1.51. The highest BCUT2D eigenvalue weighted by Crippen LogP contribution is 2.28. The molecular weight excluding hydrogens is 322 g/mol. The molecule has 1 aliphatic heterocycles. The van der Waals surface area contributed by atoms with Crippen LogP contribution in [-0.2, 0) is 4.79 Å². The van der Waals surface area contributed by atoms with Gasteiger partial charge in [0.25, 0.3) is 0 Å². The third kappa shape index (κ3) is 4.06. The largest absolute Gasteiger partial charge is 0.491 e. The normalized spacial score (nSPS) is 15.5. The predicted molar refractivity (Wildman–Crippen MR) is 97.1 cm³/mol. The summed E-state index contributed by atoms with van der Waals surface area (Å²) >= 11 is 1.55. The number of carbonyl (C=O) groups is 1. The summed E-state index contributed by atoms with van der Waals surface area (Å²) in [5.41, 5.74) is 10.3. The van der Waals surface area contributed by atoms with Gasteiger partial charge in [-0.05, 0) is 37.0 Å². The zero-order valence-electron chi connectivity index (χ0n) is 13.9. The van der Waals surface area contributed by atoms with Crippen LogP contribution >= 0.6 is 11.3 Å². The molecule has 0 aliphatic carbocycles. The summed E-state index contributed by atoms with van der Waals surface area (Å²) in [6, 6.07) is 5.64. The molecule has 0 spiro atoms. The molecule has 1 aromatic heterocycles. The number of aromatic nitrogens is 1. The van der Waals surface area contributed by atoms with Crippen LogP contribution in [0.25, 0.3) is 11.3 Å². The van der Waals surface area contributed by atoms with E-state index in [0.29, 0.717) is 24.5 Å². The molecule has 24 heavy (non-hydrogen) atoms. The van der Waals surface area contributed by atoms with Crippen LogP contribution in [0.4, 0.5) is 5.69 Å². The molecule has 1 saturated heterocycles. The number of anilines is 1. The Morgan fingerprint density at radius 2 is 2.21 bits per heavy atom. The Bertz CT molecular complexity index is 680. The zero-order valence-corrected chi connectivity index (χ0v) is 14.7. The molecule has 1 aromatic carbocycles. The quantitative estimate of drug-likeness (QED) is 0.843. The fourth-order valence-electron chi connectivity index (χ4n) is 2.86. The van der Waals surface area contributed by atoms with Crippen molar-refractivity contribution in [2.24, 2.45) is 5.92 Å². The van der Waals surface area contributed by atoms with Gasteiger partial charge in [0.05, 0.1) is 29.9 Å². The summed E-state index contributed by atoms with van der Waals surface area (Å²) in [7, 11) is 0. The van der Waals surface area contributed by atoms with E-state index in [9.17, 15) is 4.79 Å². The molecule has 0 atom stereocenters. The van der Waals surface area contributed by atoms with Crippen molar-refractivity contribution in [1.82, 2.24) is 9.88 Å². The molecule has 6 heteroatoms. The number of rotatable bonds is 5. The first-order valence-corrected chi connectivity index (χ1v) is 9.26. The van der Waals surface area contributed by atoms with Gasteiger partial charge in [-0.25, -0.2) is 4.98 Å². The number of nitrogens with zero attached hydrogens (tertiary/aromatic N) is 2. The van der Waals surface area contributed by atoms with Crippen LogP contribution < -0.4 is 10.5 Å². The van der Waals surface area contributed by atoms with Gasteiger partial charge >= 0.3 is 0 Å². The second-order valence-electron chi connectivity index (χ2n) is 6.29. The van der Waals surface area contributed by atoms with Crippen LogP contribution in [0.3, 0.4) is 0 Å². The SMILES string of the molecule is CC1CCN(C(=O)CCOc2ccc(-c3cscn3)cc2N)CC1. The van der Waals surface area contributed by atoms with Crippen LogP contribution in [0, 0.1) is 5.92 Å². The highest BCUT2D eigenvalue weighted by Gasteiger charge is 2.20. The van der Waals surface area contributed by atoms with E-state index in [4.69, 9.17) is 10.5 Å². The first-order valence-electron chi connectivity index (χ1n) is 8.32. The van der Waals surface area contributed by atoms with Gasteiger partial charge < -0.3 is 15.4 Å². The lowest BCUT2D eigenvalue weighted by atomic mass is 9.99. The second-order valence-corrected chi connectivity index (χ2v) is 7.01. The summed E-state index contributed by atoms with van der Waals surface area (Å²) in [6.07, 6.45) is 2.58. The average molecular weight is 345 g/mol. The fraction of sp³-hybridized carbons (Fsp3) is 0.444. The smallest absolute Gasteiger partial charge is 0.225 e. The number of likely N-dealkylation sites (tertiary alicyclic amines) is 1. The Morgan fingerprint density at radius 3 is 2.88 bits per heavy atom. The molecule has 0 radical (unpaired) electrons. The summed E-state index contributed by atoms with van der Waals surface area (Å²) in [5, 5.41) is 1.98. The van der Waals surface area contributed by atoms with Gasteiger partial charge in [-0.2, -0.15) is 0 Å². The Kier molecular flexibility index (Phi) is 5.35. The number of benzene rings is 1. The van der Waals surface area contributed by atoms with Crippen LogP contribution in [0.2, 0.25) is 0 Å². The van der Waals surface area contributed by atoms with Gasteiger partial charge in [-0.15, -0.1) is 11.3 Å². The number of piperidine rings is 1. The molecule has 1 amide bonds. The first-order chi connectivity index (χ1) is 11.6. The highest BCUT2D eigenvalue weighted by atomic mass is 32.1. The van der Waals surface area contributed by atoms with E-state index in [2.05, 4.69) is 11.9 Å². The van der Waals surface area contributed by atoms with E-state index in [1.807, 2.05) is 28.5 Å². The van der Waals surface area contributed by atoms with Crippen molar-refractivity contribution in [3.63, 3.8) is 0 Å². The Labute approximate surface area is 146 Å². The molecule has 2 heterocycles. The second kappa shape index (κ2) is 7.66. The van der Waals surface area contributed by atoms with E-state index < -0.39 is 0 Å². The number of hydrogen-bond acceptors (Lipinski definition) is 5. The third-order valence-corrected chi connectivity index (χ3v) is 5.03. The summed E-state index contributed by atoms with van der Waals surface area (Å²) < 4.78 is 5.70. The molecule has 1 fully saturated rings. The minimum absolute atomic E-state index is 0.166. The fourth-order valence-corrected chi connectivity index (χ4v) is 3.42. The maximum absolute atomic E-state index is 12.2. The standard InChI is InChI=1S/C18H23N3O2S/c1-13-4-7-21(8-5-13)18(22)6-9-23-17-3-2-14(10-15(17)19)16-11-24-12-20-16/h2-3,10-13H,4-9,19H2,1H3. The average Bonchev–Trinajstić information content (AvgIpc) is 3.11. The van der Waals surface area contributed by atoms with Crippen molar-refractivity contribution in [2.45, 2.75) is 26.2 Å². The lowest BCUT2D eigenvalue weighted by molar-refractivity contribution is -0.133. The van der Waals surface area contributed by atoms with Crippen LogP contribution in [0.1, 0.15) is 26.2 Å². The summed E-state index contributed by atoms with van der Waals surface area (Å²) in [5.74, 6) is 1.51. The molecule has 0 bridgehead atoms. The number of nitrogen functional groups attached to an aromatic ring is 1. The van der Waals surface area contributed by atoms with Gasteiger partial charge in [0, 0.05) is 24.0 Å². The number of carbonyl (C=O) groups excluding carboxylic acids is 1. The number of ether oxygens (including phenoxy) is 1. The lowest BCUT2D eigenvalue weighted by Gasteiger charge is -2.30. The van der Waals surface area contributed by atoms with Crippen molar-refractivity contribution >= 4 is 22.9 Å². The Morgan fingerprint density at radius 1 is 1.42 bits per heavy atom. The molecule has 5 nitrogen and oxygen atoms in total. The first kappa shape index (κ1) is 16.8. The van der Waals surface area contributed by atoms with Crippen LogP contribution in [0.5, 0.6) is 5.75 Å². The minimum Gasteiger partial charge on any atom is -0.491 e. The number of hydrogen-bond donors (Lipinski definition) is 1. The van der Waals surface area contributed by atoms with Crippen molar-refractivity contribution in [3.8, 4) is 17.0 Å². The Hall–Kier alpha value is -2.08. The van der Waals surface area contributed by atoms with Crippen molar-refractivity contribution in [2.75, 3.05) is 25.4 Å². The molecule has 2 N–H and O–H groups in total. The van der Waals surface area contributed by atoms with Gasteiger partial charge in [0.2, 0.25) is 5.91 Å². The molecule has 0 saturated carbocycles. The lowest BCUT2D eigenvalue weighted by Crippen LogP contribution is -2.38. The molecule has 2 aromatic rings. The maximum atomic E-state index is 12.2. The van der Waals surface area contributed by atoms with Gasteiger partial charge in [0.1, 0.15) is 5.75 Å². The maximum Gasteiger partial charge on any atom is 0.225 e. The van der Waals surface area contributed by atoms with Crippen LogP contribution in [0.15, 0.2) is 29.1 Å². The third-order valence-electron chi connectivity index (χ3n) is 4.45. The molecule has 3 rings (SSSR count). The van der Waals surface area contributed by atoms with Crippen molar-refractivity contribution in [3.05, 3.63) is 29.1 Å². The minimum atomic E-state index is 0.166. The highest BCUT2D eigenvalue weighted by molar-refractivity contribution is 7.07. The van der Waals surface area contributed by atoms with Crippen molar-refractivity contribution < 1.29 is 9.53 Å². The van der Waals surface area contributed by atoms with Crippen molar-refractivity contribution in [1.29, 1.82) is 0 Å².